The predicted octanol–water partition coefficient (Wildman–Crippen LogP) is 2.47. The molecular formula is C12H23ClN2. The minimum Gasteiger partial charge on any atom is -0.312 e. The normalized spacial score (nSPS) is 35.8. The lowest BCUT2D eigenvalue weighted by Crippen LogP contribution is -2.59. The summed E-state index contributed by atoms with van der Waals surface area (Å²) in [6, 6.07) is 0. The quantitative estimate of drug-likeness (QED) is 0.534. The summed E-state index contributed by atoms with van der Waals surface area (Å²) < 4.78 is 0. The summed E-state index contributed by atoms with van der Waals surface area (Å²) >= 11 is 6.71. The van der Waals surface area contributed by atoms with Crippen molar-refractivity contribution >= 4 is 11.6 Å². The first-order chi connectivity index (χ1) is 7.31. The van der Waals surface area contributed by atoms with Gasteiger partial charge in [-0.25, -0.2) is 0 Å². The van der Waals surface area contributed by atoms with E-state index in [-0.39, 0.29) is 5.00 Å². The molecular weight excluding hydrogens is 208 g/mol. The second-order valence-electron chi connectivity index (χ2n) is 5.01. The first-order valence-electron chi connectivity index (χ1n) is 6.46. The molecule has 1 saturated heterocycles. The lowest BCUT2D eigenvalue weighted by Gasteiger charge is -2.40. The molecule has 0 spiro atoms. The van der Waals surface area contributed by atoms with Crippen molar-refractivity contribution in [1.29, 1.82) is 0 Å². The largest absolute Gasteiger partial charge is 0.312 e. The van der Waals surface area contributed by atoms with Gasteiger partial charge in [-0.05, 0) is 18.8 Å². The zero-order valence-electron chi connectivity index (χ0n) is 9.53. The molecule has 1 unspecified atom stereocenters. The number of rotatable bonds is 1. The maximum absolute atomic E-state index is 6.71. The van der Waals surface area contributed by atoms with Crippen LogP contribution < -0.4 is 10.6 Å². The van der Waals surface area contributed by atoms with E-state index in [1.165, 1.54) is 44.9 Å². The van der Waals surface area contributed by atoms with E-state index in [9.17, 15) is 0 Å². The standard InChI is InChI=1S/C12H23ClN2/c13-12(10-14-8-9-15-12)11-6-4-2-1-3-5-7-11/h11,14-15H,1-10H2. The molecule has 2 nitrogen and oxygen atoms in total. The third kappa shape index (κ3) is 3.08. The van der Waals surface area contributed by atoms with E-state index in [4.69, 9.17) is 11.6 Å². The topological polar surface area (TPSA) is 24.1 Å². The van der Waals surface area contributed by atoms with Gasteiger partial charge < -0.3 is 5.32 Å². The highest BCUT2D eigenvalue weighted by Crippen LogP contribution is 2.34. The third-order valence-corrected chi connectivity index (χ3v) is 4.43. The van der Waals surface area contributed by atoms with Crippen LogP contribution in [0.2, 0.25) is 0 Å². The van der Waals surface area contributed by atoms with Crippen LogP contribution in [0, 0.1) is 5.92 Å². The van der Waals surface area contributed by atoms with Crippen LogP contribution in [0.1, 0.15) is 44.9 Å². The average Bonchev–Trinajstić information content (AvgIpc) is 2.17. The van der Waals surface area contributed by atoms with E-state index in [1.807, 2.05) is 0 Å². The number of piperazine rings is 1. The van der Waals surface area contributed by atoms with Gasteiger partial charge in [0.25, 0.3) is 0 Å². The maximum Gasteiger partial charge on any atom is 0.109 e. The van der Waals surface area contributed by atoms with Crippen LogP contribution >= 0.6 is 11.6 Å². The molecule has 2 rings (SSSR count). The van der Waals surface area contributed by atoms with Gasteiger partial charge in [0.1, 0.15) is 5.00 Å². The van der Waals surface area contributed by atoms with Crippen molar-refractivity contribution in [2.45, 2.75) is 49.9 Å². The van der Waals surface area contributed by atoms with E-state index in [0.29, 0.717) is 5.92 Å². The lowest BCUT2D eigenvalue weighted by atomic mass is 9.84. The van der Waals surface area contributed by atoms with E-state index < -0.39 is 0 Å². The number of alkyl halides is 1. The molecule has 2 N–H and O–H groups in total. The molecule has 1 heterocycles. The van der Waals surface area contributed by atoms with Crippen molar-refractivity contribution < 1.29 is 0 Å². The second-order valence-corrected chi connectivity index (χ2v) is 5.68. The molecule has 0 amide bonds. The van der Waals surface area contributed by atoms with E-state index >= 15 is 0 Å². The molecule has 0 radical (unpaired) electrons. The van der Waals surface area contributed by atoms with Crippen molar-refractivity contribution in [2.75, 3.05) is 19.6 Å². The van der Waals surface area contributed by atoms with Crippen LogP contribution in [0.3, 0.4) is 0 Å². The van der Waals surface area contributed by atoms with Gasteiger partial charge in [0.2, 0.25) is 0 Å². The minimum absolute atomic E-state index is 0.157. The summed E-state index contributed by atoms with van der Waals surface area (Å²) in [5.74, 6) is 0.660. The fourth-order valence-electron chi connectivity index (χ4n) is 2.89. The fourth-order valence-corrected chi connectivity index (χ4v) is 3.30. The Labute approximate surface area is 98.1 Å². The Kier molecular flexibility index (Phi) is 4.30. The molecule has 0 aromatic rings. The third-order valence-electron chi connectivity index (χ3n) is 3.86. The molecule has 2 aliphatic rings. The Morgan fingerprint density at radius 2 is 1.60 bits per heavy atom. The molecule has 3 heteroatoms. The van der Waals surface area contributed by atoms with Gasteiger partial charge in [-0.15, -0.1) is 11.6 Å². The monoisotopic (exact) mass is 230 g/mol. The van der Waals surface area contributed by atoms with E-state index in [1.54, 1.807) is 0 Å². The van der Waals surface area contributed by atoms with Gasteiger partial charge in [-0.2, -0.15) is 0 Å². The minimum atomic E-state index is -0.157. The van der Waals surface area contributed by atoms with E-state index in [0.717, 1.165) is 19.6 Å². The zero-order chi connectivity index (χ0) is 10.6. The number of hydrogen-bond donors (Lipinski definition) is 2. The summed E-state index contributed by atoms with van der Waals surface area (Å²) in [5.41, 5.74) is 0. The zero-order valence-corrected chi connectivity index (χ0v) is 10.3. The van der Waals surface area contributed by atoms with Gasteiger partial charge in [0, 0.05) is 19.6 Å². The summed E-state index contributed by atoms with van der Waals surface area (Å²) in [4.78, 5) is -0.157. The van der Waals surface area contributed by atoms with Crippen molar-refractivity contribution in [3.05, 3.63) is 0 Å². The van der Waals surface area contributed by atoms with Crippen LogP contribution in [0.15, 0.2) is 0 Å². The van der Waals surface area contributed by atoms with Crippen LogP contribution in [0.5, 0.6) is 0 Å². The number of hydrogen-bond acceptors (Lipinski definition) is 2. The summed E-state index contributed by atoms with van der Waals surface area (Å²) in [7, 11) is 0. The van der Waals surface area contributed by atoms with Crippen molar-refractivity contribution in [3.63, 3.8) is 0 Å². The highest BCUT2D eigenvalue weighted by atomic mass is 35.5. The van der Waals surface area contributed by atoms with Gasteiger partial charge in [0.05, 0.1) is 0 Å². The Bertz CT molecular complexity index is 182. The van der Waals surface area contributed by atoms with Crippen LogP contribution in [0.4, 0.5) is 0 Å². The molecule has 0 aromatic heterocycles. The molecule has 1 aliphatic carbocycles. The Balaban J connectivity index is 1.92. The SMILES string of the molecule is ClC1(C2CCCCCCC2)CNCCN1. The lowest BCUT2D eigenvalue weighted by molar-refractivity contribution is 0.224. The smallest absolute Gasteiger partial charge is 0.109 e. The van der Waals surface area contributed by atoms with E-state index in [2.05, 4.69) is 10.6 Å². The van der Waals surface area contributed by atoms with Crippen LogP contribution in [-0.2, 0) is 0 Å². The Morgan fingerprint density at radius 1 is 0.933 bits per heavy atom. The molecule has 0 aromatic carbocycles. The van der Waals surface area contributed by atoms with Gasteiger partial charge in [-0.3, -0.25) is 5.32 Å². The van der Waals surface area contributed by atoms with Crippen molar-refractivity contribution in [1.82, 2.24) is 10.6 Å². The molecule has 1 atom stereocenters. The number of nitrogens with one attached hydrogen (secondary N) is 2. The first-order valence-corrected chi connectivity index (χ1v) is 6.84. The summed E-state index contributed by atoms with van der Waals surface area (Å²) in [5, 5.41) is 6.93. The van der Waals surface area contributed by atoms with Crippen LogP contribution in [0.25, 0.3) is 0 Å². The highest BCUT2D eigenvalue weighted by molar-refractivity contribution is 6.24. The van der Waals surface area contributed by atoms with Gasteiger partial charge in [-0.1, -0.05) is 32.1 Å². The second kappa shape index (κ2) is 5.51. The fraction of sp³-hybridized carbons (Fsp3) is 1.00. The number of halogens is 1. The van der Waals surface area contributed by atoms with Crippen LogP contribution in [-0.4, -0.2) is 24.6 Å². The highest BCUT2D eigenvalue weighted by Gasteiger charge is 2.37. The molecule has 1 saturated carbocycles. The predicted molar refractivity (Wildman–Crippen MR) is 65.3 cm³/mol. The van der Waals surface area contributed by atoms with Crippen molar-refractivity contribution in [2.24, 2.45) is 5.92 Å². The van der Waals surface area contributed by atoms with Gasteiger partial charge in [0.15, 0.2) is 0 Å². The summed E-state index contributed by atoms with van der Waals surface area (Å²) in [6.07, 6.45) is 9.56. The maximum atomic E-state index is 6.71. The average molecular weight is 231 g/mol. The first kappa shape index (κ1) is 11.7. The van der Waals surface area contributed by atoms with Gasteiger partial charge >= 0.3 is 0 Å². The molecule has 88 valence electrons. The van der Waals surface area contributed by atoms with Crippen molar-refractivity contribution in [3.8, 4) is 0 Å². The Hall–Kier alpha value is 0.210. The molecule has 1 aliphatic heterocycles. The molecule has 0 bridgehead atoms. The summed E-state index contributed by atoms with van der Waals surface area (Å²) in [6.45, 7) is 3.00. The molecule has 15 heavy (non-hydrogen) atoms. The Morgan fingerprint density at radius 3 is 2.20 bits per heavy atom. The molecule has 2 fully saturated rings.